The Morgan fingerprint density at radius 2 is 1.71 bits per heavy atom. The van der Waals surface area contributed by atoms with Crippen molar-refractivity contribution in [1.29, 1.82) is 0 Å². The molecule has 31 heavy (non-hydrogen) atoms. The van der Waals surface area contributed by atoms with E-state index < -0.39 is 0 Å². The van der Waals surface area contributed by atoms with Gasteiger partial charge in [0.15, 0.2) is 0 Å². The standard InChI is InChI=1S/C29H50O2/c1-17(2)20(5)18(3)14-19(4)27-26(31)16-25-23-9-8-21-15-22(30)10-12-28(21,6)24(23)11-13-29(25,27)7/h8,17-20,22-27,30-31H,9-16H2,1-7H3/t18-,19-,20-,22+,23-,24+,25+,26-,27+,28+,29+/m1/s1. The highest BCUT2D eigenvalue weighted by molar-refractivity contribution is 5.25. The number of rotatable bonds is 5. The molecule has 0 aliphatic heterocycles. The van der Waals surface area contributed by atoms with Crippen LogP contribution in [0.2, 0.25) is 0 Å². The molecule has 178 valence electrons. The Morgan fingerprint density at radius 3 is 2.39 bits per heavy atom. The summed E-state index contributed by atoms with van der Waals surface area (Å²) in [6, 6.07) is 0. The number of fused-ring (bicyclic) bond motifs is 5. The molecule has 0 radical (unpaired) electrons. The van der Waals surface area contributed by atoms with E-state index in [1.54, 1.807) is 5.57 Å². The zero-order chi connectivity index (χ0) is 22.7. The van der Waals surface area contributed by atoms with Crippen LogP contribution in [-0.4, -0.2) is 22.4 Å². The highest BCUT2D eigenvalue weighted by Gasteiger charge is 2.61. The number of aliphatic hydroxyl groups excluding tert-OH is 2. The molecule has 3 saturated carbocycles. The van der Waals surface area contributed by atoms with Crippen molar-refractivity contribution in [3.63, 3.8) is 0 Å². The number of aliphatic hydroxyl groups is 2. The van der Waals surface area contributed by atoms with Gasteiger partial charge in [0.05, 0.1) is 12.2 Å². The molecule has 0 aromatic rings. The Kier molecular flexibility index (Phi) is 6.50. The van der Waals surface area contributed by atoms with E-state index in [4.69, 9.17) is 0 Å². The summed E-state index contributed by atoms with van der Waals surface area (Å²) in [4.78, 5) is 0. The maximum Gasteiger partial charge on any atom is 0.0579 e. The molecule has 0 heterocycles. The third-order valence-electron chi connectivity index (χ3n) is 11.5. The molecule has 2 N–H and O–H groups in total. The lowest BCUT2D eigenvalue weighted by Crippen LogP contribution is -2.51. The molecule has 0 bridgehead atoms. The van der Waals surface area contributed by atoms with Crippen molar-refractivity contribution in [3.05, 3.63) is 11.6 Å². The second-order valence-electron chi connectivity index (χ2n) is 13.3. The van der Waals surface area contributed by atoms with Crippen LogP contribution in [0, 0.1) is 58.2 Å². The van der Waals surface area contributed by atoms with E-state index in [1.165, 1.54) is 25.7 Å². The molecular formula is C29H50O2. The summed E-state index contributed by atoms with van der Waals surface area (Å²) in [5.74, 6) is 5.36. The Balaban J connectivity index is 1.54. The molecule has 3 fully saturated rings. The van der Waals surface area contributed by atoms with E-state index in [2.05, 4.69) is 54.5 Å². The van der Waals surface area contributed by atoms with Crippen LogP contribution < -0.4 is 0 Å². The minimum absolute atomic E-state index is 0.126. The van der Waals surface area contributed by atoms with Crippen LogP contribution >= 0.6 is 0 Å². The van der Waals surface area contributed by atoms with Crippen LogP contribution in [0.1, 0.15) is 99.8 Å². The summed E-state index contributed by atoms with van der Waals surface area (Å²) < 4.78 is 0. The van der Waals surface area contributed by atoms with Crippen molar-refractivity contribution < 1.29 is 10.2 Å². The number of hydrogen-bond acceptors (Lipinski definition) is 2. The summed E-state index contributed by atoms with van der Waals surface area (Å²) >= 11 is 0. The molecule has 0 aromatic heterocycles. The molecule has 0 spiro atoms. The van der Waals surface area contributed by atoms with Gasteiger partial charge in [-0.05, 0) is 110 Å². The van der Waals surface area contributed by atoms with Crippen LogP contribution in [0.4, 0.5) is 0 Å². The molecule has 0 amide bonds. The van der Waals surface area contributed by atoms with Gasteiger partial charge in [-0.1, -0.05) is 60.1 Å². The first-order valence-corrected chi connectivity index (χ1v) is 13.5. The lowest BCUT2D eigenvalue weighted by Gasteiger charge is -2.58. The third kappa shape index (κ3) is 3.86. The van der Waals surface area contributed by atoms with Gasteiger partial charge < -0.3 is 10.2 Å². The summed E-state index contributed by atoms with van der Waals surface area (Å²) in [5.41, 5.74) is 2.13. The Bertz CT molecular complexity index is 682. The fourth-order valence-corrected chi connectivity index (χ4v) is 9.33. The molecule has 2 nitrogen and oxygen atoms in total. The predicted octanol–water partition coefficient (Wildman–Crippen LogP) is 6.85. The summed E-state index contributed by atoms with van der Waals surface area (Å²) in [7, 11) is 0. The molecule has 4 aliphatic rings. The van der Waals surface area contributed by atoms with Crippen LogP contribution in [0.3, 0.4) is 0 Å². The highest BCUT2D eigenvalue weighted by atomic mass is 16.3. The SMILES string of the molecule is CC(C)[C@@H](C)[C@H](C)C[C@@H](C)[C@H]1[C@H](O)C[C@H]2[C@@H]3CC=C4C[C@@H](O)CC[C@]4(C)[C@H]3CC[C@]12C. The monoisotopic (exact) mass is 430 g/mol. The fourth-order valence-electron chi connectivity index (χ4n) is 9.33. The van der Waals surface area contributed by atoms with Gasteiger partial charge in [0, 0.05) is 0 Å². The summed E-state index contributed by atoms with van der Waals surface area (Å²) in [6.07, 6.45) is 11.3. The van der Waals surface area contributed by atoms with E-state index in [0.29, 0.717) is 29.1 Å². The molecule has 0 aromatic carbocycles. The molecular weight excluding hydrogens is 380 g/mol. The highest BCUT2D eigenvalue weighted by Crippen LogP contribution is 2.67. The fraction of sp³-hybridized carbons (Fsp3) is 0.931. The largest absolute Gasteiger partial charge is 0.393 e. The molecule has 11 atom stereocenters. The first-order chi connectivity index (χ1) is 14.5. The van der Waals surface area contributed by atoms with Crippen molar-refractivity contribution in [1.82, 2.24) is 0 Å². The van der Waals surface area contributed by atoms with Gasteiger partial charge in [-0.2, -0.15) is 0 Å². The van der Waals surface area contributed by atoms with E-state index in [0.717, 1.165) is 49.4 Å². The first-order valence-electron chi connectivity index (χ1n) is 13.5. The summed E-state index contributed by atoms with van der Waals surface area (Å²) in [6.45, 7) is 17.1. The topological polar surface area (TPSA) is 40.5 Å². The minimum atomic E-state index is -0.128. The van der Waals surface area contributed by atoms with E-state index in [-0.39, 0.29) is 17.6 Å². The van der Waals surface area contributed by atoms with Gasteiger partial charge in [-0.25, -0.2) is 0 Å². The normalized spacial score (nSPS) is 47.7. The molecule has 4 rings (SSSR count). The lowest BCUT2D eigenvalue weighted by atomic mass is 9.47. The van der Waals surface area contributed by atoms with E-state index in [1.807, 2.05) is 0 Å². The van der Waals surface area contributed by atoms with Crippen LogP contribution in [-0.2, 0) is 0 Å². The van der Waals surface area contributed by atoms with E-state index >= 15 is 0 Å². The van der Waals surface area contributed by atoms with Gasteiger partial charge in [0.1, 0.15) is 0 Å². The smallest absolute Gasteiger partial charge is 0.0579 e. The molecule has 0 saturated heterocycles. The van der Waals surface area contributed by atoms with Gasteiger partial charge >= 0.3 is 0 Å². The average Bonchev–Trinajstić information content (AvgIpc) is 2.97. The lowest BCUT2D eigenvalue weighted by molar-refractivity contribution is -0.0635. The van der Waals surface area contributed by atoms with Crippen LogP contribution in [0.25, 0.3) is 0 Å². The maximum absolute atomic E-state index is 11.4. The molecule has 0 unspecified atom stereocenters. The van der Waals surface area contributed by atoms with Gasteiger partial charge in [0.2, 0.25) is 0 Å². The van der Waals surface area contributed by atoms with Gasteiger partial charge in [-0.3, -0.25) is 0 Å². The van der Waals surface area contributed by atoms with E-state index in [9.17, 15) is 10.2 Å². The maximum atomic E-state index is 11.4. The predicted molar refractivity (Wildman–Crippen MR) is 130 cm³/mol. The Labute approximate surface area is 192 Å². The number of allylic oxidation sites excluding steroid dienone is 1. The minimum Gasteiger partial charge on any atom is -0.393 e. The van der Waals surface area contributed by atoms with Crippen LogP contribution in [0.5, 0.6) is 0 Å². The van der Waals surface area contributed by atoms with Crippen molar-refractivity contribution >= 4 is 0 Å². The van der Waals surface area contributed by atoms with Gasteiger partial charge in [-0.15, -0.1) is 0 Å². The zero-order valence-electron chi connectivity index (χ0n) is 21.4. The van der Waals surface area contributed by atoms with Gasteiger partial charge in [0.25, 0.3) is 0 Å². The quantitative estimate of drug-likeness (QED) is 0.468. The number of hydrogen-bond donors (Lipinski definition) is 2. The summed E-state index contributed by atoms with van der Waals surface area (Å²) in [5, 5.41) is 21.6. The second kappa shape index (κ2) is 8.46. The van der Waals surface area contributed by atoms with Crippen molar-refractivity contribution in [2.24, 2.45) is 58.2 Å². The second-order valence-corrected chi connectivity index (χ2v) is 13.3. The van der Waals surface area contributed by atoms with Crippen LogP contribution in [0.15, 0.2) is 11.6 Å². The van der Waals surface area contributed by atoms with Crippen molar-refractivity contribution in [2.75, 3.05) is 0 Å². The third-order valence-corrected chi connectivity index (χ3v) is 11.5. The zero-order valence-corrected chi connectivity index (χ0v) is 21.4. The van der Waals surface area contributed by atoms with Crippen molar-refractivity contribution in [3.8, 4) is 0 Å². The molecule has 2 heteroatoms. The average molecular weight is 431 g/mol. The van der Waals surface area contributed by atoms with Crippen molar-refractivity contribution in [2.45, 2.75) is 112 Å². The molecule has 4 aliphatic carbocycles. The Morgan fingerprint density at radius 1 is 1.00 bits per heavy atom. The first kappa shape index (κ1) is 23.8. The Hall–Kier alpha value is -0.340.